The molecule has 0 radical (unpaired) electrons. The summed E-state index contributed by atoms with van der Waals surface area (Å²) in [7, 11) is 1.54. The quantitative estimate of drug-likeness (QED) is 0.631. The van der Waals surface area contributed by atoms with E-state index in [1.165, 1.54) is 31.9 Å². The molecular weight excluding hydrogens is 240 g/mol. The van der Waals surface area contributed by atoms with Crippen LogP contribution in [0.2, 0.25) is 0 Å². The normalized spacial score (nSPS) is 14.1. The topological polar surface area (TPSA) is 64.3 Å². The van der Waals surface area contributed by atoms with Crippen LogP contribution >= 0.6 is 0 Å². The Bertz CT molecular complexity index is 495. The van der Waals surface area contributed by atoms with Crippen molar-refractivity contribution in [2.75, 3.05) is 19.4 Å². The number of nitrogen functional groups attached to an aromatic ring is 1. The summed E-state index contributed by atoms with van der Waals surface area (Å²) in [6.45, 7) is 0.665. The second-order valence-corrected chi connectivity index (χ2v) is 4.72. The van der Waals surface area contributed by atoms with Crippen LogP contribution in [-0.2, 0) is 0 Å². The monoisotopic (exact) mass is 260 g/mol. The van der Waals surface area contributed by atoms with Gasteiger partial charge < -0.3 is 15.8 Å². The summed E-state index contributed by atoms with van der Waals surface area (Å²) in [6, 6.07) is 5.06. The van der Waals surface area contributed by atoms with E-state index in [4.69, 9.17) is 10.5 Å². The Hall–Kier alpha value is -1.97. The first kappa shape index (κ1) is 13.5. The van der Waals surface area contributed by atoms with E-state index in [-0.39, 0.29) is 5.91 Å². The van der Waals surface area contributed by atoms with Crippen LogP contribution in [0.4, 0.5) is 5.69 Å². The van der Waals surface area contributed by atoms with Crippen LogP contribution in [0.1, 0.15) is 36.0 Å². The highest BCUT2D eigenvalue weighted by Crippen LogP contribution is 2.22. The van der Waals surface area contributed by atoms with Gasteiger partial charge in [0.2, 0.25) is 0 Å². The molecule has 0 atom stereocenters. The third kappa shape index (κ3) is 3.50. The number of rotatable bonds is 5. The molecule has 102 valence electrons. The fourth-order valence-electron chi connectivity index (χ4n) is 2.29. The van der Waals surface area contributed by atoms with Crippen molar-refractivity contribution < 1.29 is 9.53 Å². The standard InChI is InChI=1S/C15H20N2O2/c1-19-14-10-12(16)6-7-13(14)15(18)17-9-8-11-4-2-3-5-11/h4,6-7,10H,2-3,5,8-9,16H2,1H3,(H,17,18). The highest BCUT2D eigenvalue weighted by Gasteiger charge is 2.12. The molecule has 0 saturated carbocycles. The molecule has 0 aliphatic heterocycles. The predicted molar refractivity (Wildman–Crippen MR) is 76.3 cm³/mol. The molecule has 0 heterocycles. The Balaban J connectivity index is 1.92. The van der Waals surface area contributed by atoms with Gasteiger partial charge >= 0.3 is 0 Å². The van der Waals surface area contributed by atoms with Crippen LogP contribution in [0, 0.1) is 0 Å². The molecular formula is C15H20N2O2. The molecule has 4 nitrogen and oxygen atoms in total. The van der Waals surface area contributed by atoms with Crippen LogP contribution in [0.5, 0.6) is 5.75 Å². The highest BCUT2D eigenvalue weighted by atomic mass is 16.5. The van der Waals surface area contributed by atoms with E-state index in [0.29, 0.717) is 23.5 Å². The highest BCUT2D eigenvalue weighted by molar-refractivity contribution is 5.97. The second-order valence-electron chi connectivity index (χ2n) is 4.72. The number of hydrogen-bond acceptors (Lipinski definition) is 3. The lowest BCUT2D eigenvalue weighted by atomic mass is 10.1. The van der Waals surface area contributed by atoms with Crippen molar-refractivity contribution in [1.82, 2.24) is 5.32 Å². The van der Waals surface area contributed by atoms with Crippen molar-refractivity contribution in [3.05, 3.63) is 35.4 Å². The molecule has 1 aromatic rings. The molecule has 0 aromatic heterocycles. The molecule has 3 N–H and O–H groups in total. The van der Waals surface area contributed by atoms with E-state index >= 15 is 0 Å². The first-order valence-electron chi connectivity index (χ1n) is 6.60. The van der Waals surface area contributed by atoms with E-state index in [1.54, 1.807) is 18.2 Å². The van der Waals surface area contributed by atoms with Gasteiger partial charge in [-0.15, -0.1) is 0 Å². The third-order valence-corrected chi connectivity index (χ3v) is 3.34. The Morgan fingerprint density at radius 3 is 3.00 bits per heavy atom. The number of ether oxygens (including phenoxy) is 1. The number of carbonyl (C=O) groups is 1. The van der Waals surface area contributed by atoms with Crippen molar-refractivity contribution in [2.45, 2.75) is 25.7 Å². The third-order valence-electron chi connectivity index (χ3n) is 3.34. The van der Waals surface area contributed by atoms with E-state index in [2.05, 4.69) is 11.4 Å². The fourth-order valence-corrected chi connectivity index (χ4v) is 2.29. The molecule has 19 heavy (non-hydrogen) atoms. The van der Waals surface area contributed by atoms with Crippen molar-refractivity contribution in [1.29, 1.82) is 0 Å². The zero-order chi connectivity index (χ0) is 13.7. The van der Waals surface area contributed by atoms with Gasteiger partial charge in [-0.3, -0.25) is 4.79 Å². The van der Waals surface area contributed by atoms with Gasteiger partial charge in [0.15, 0.2) is 0 Å². The minimum Gasteiger partial charge on any atom is -0.496 e. The van der Waals surface area contributed by atoms with Gasteiger partial charge in [0, 0.05) is 18.3 Å². The summed E-state index contributed by atoms with van der Waals surface area (Å²) in [6.07, 6.45) is 6.80. The van der Waals surface area contributed by atoms with Crippen LogP contribution in [0.25, 0.3) is 0 Å². The van der Waals surface area contributed by atoms with Gasteiger partial charge in [-0.2, -0.15) is 0 Å². The first-order chi connectivity index (χ1) is 9.20. The smallest absolute Gasteiger partial charge is 0.255 e. The Kier molecular flexibility index (Phi) is 4.44. The minimum absolute atomic E-state index is 0.115. The maximum Gasteiger partial charge on any atom is 0.255 e. The van der Waals surface area contributed by atoms with E-state index in [0.717, 1.165) is 6.42 Å². The van der Waals surface area contributed by atoms with Crippen LogP contribution < -0.4 is 15.8 Å². The Morgan fingerprint density at radius 2 is 2.32 bits per heavy atom. The molecule has 1 aromatic carbocycles. The molecule has 1 amide bonds. The lowest BCUT2D eigenvalue weighted by Gasteiger charge is -2.10. The number of methoxy groups -OCH3 is 1. The second kappa shape index (κ2) is 6.27. The van der Waals surface area contributed by atoms with E-state index in [1.807, 2.05) is 0 Å². The molecule has 1 aliphatic rings. The zero-order valence-electron chi connectivity index (χ0n) is 11.2. The predicted octanol–water partition coefficient (Wildman–Crippen LogP) is 2.51. The molecule has 0 spiro atoms. The van der Waals surface area contributed by atoms with Crippen LogP contribution in [0.15, 0.2) is 29.8 Å². The van der Waals surface area contributed by atoms with Crippen LogP contribution in [-0.4, -0.2) is 19.6 Å². The van der Waals surface area contributed by atoms with Gasteiger partial charge in [-0.25, -0.2) is 0 Å². The number of benzene rings is 1. The molecule has 1 aliphatic carbocycles. The summed E-state index contributed by atoms with van der Waals surface area (Å²) < 4.78 is 5.17. The minimum atomic E-state index is -0.115. The lowest BCUT2D eigenvalue weighted by Crippen LogP contribution is -2.25. The fraction of sp³-hybridized carbons (Fsp3) is 0.400. The van der Waals surface area contributed by atoms with Crippen molar-refractivity contribution in [2.24, 2.45) is 0 Å². The van der Waals surface area contributed by atoms with Gasteiger partial charge in [0.25, 0.3) is 5.91 Å². The maximum absolute atomic E-state index is 12.1. The van der Waals surface area contributed by atoms with E-state index < -0.39 is 0 Å². The number of nitrogens with one attached hydrogen (secondary N) is 1. The number of amides is 1. The van der Waals surface area contributed by atoms with Gasteiger partial charge in [-0.05, 0) is 37.8 Å². The molecule has 2 rings (SSSR count). The molecule has 0 bridgehead atoms. The molecule has 4 heteroatoms. The first-order valence-corrected chi connectivity index (χ1v) is 6.60. The summed E-state index contributed by atoms with van der Waals surface area (Å²) in [5.41, 5.74) is 8.23. The van der Waals surface area contributed by atoms with Gasteiger partial charge in [-0.1, -0.05) is 11.6 Å². The van der Waals surface area contributed by atoms with E-state index in [9.17, 15) is 4.79 Å². The SMILES string of the molecule is COc1cc(N)ccc1C(=O)NCCC1=CCCC1. The summed E-state index contributed by atoms with van der Waals surface area (Å²) in [4.78, 5) is 12.1. The number of carbonyl (C=O) groups excluding carboxylic acids is 1. The van der Waals surface area contributed by atoms with Gasteiger partial charge in [0.1, 0.15) is 5.75 Å². The van der Waals surface area contributed by atoms with Crippen molar-refractivity contribution in [3.8, 4) is 5.75 Å². The number of allylic oxidation sites excluding steroid dienone is 1. The number of hydrogen-bond donors (Lipinski definition) is 2. The van der Waals surface area contributed by atoms with Crippen molar-refractivity contribution >= 4 is 11.6 Å². The lowest BCUT2D eigenvalue weighted by molar-refractivity contribution is 0.0951. The molecule has 0 saturated heterocycles. The largest absolute Gasteiger partial charge is 0.496 e. The number of anilines is 1. The zero-order valence-corrected chi connectivity index (χ0v) is 11.2. The summed E-state index contributed by atoms with van der Waals surface area (Å²) in [5, 5.41) is 2.92. The summed E-state index contributed by atoms with van der Waals surface area (Å²) >= 11 is 0. The summed E-state index contributed by atoms with van der Waals surface area (Å²) in [5.74, 6) is 0.396. The Labute approximate surface area is 113 Å². The van der Waals surface area contributed by atoms with Gasteiger partial charge in [0.05, 0.1) is 12.7 Å². The van der Waals surface area contributed by atoms with Crippen molar-refractivity contribution in [3.63, 3.8) is 0 Å². The molecule has 0 fully saturated rings. The maximum atomic E-state index is 12.1. The average molecular weight is 260 g/mol. The average Bonchev–Trinajstić information content (AvgIpc) is 2.91. The molecule has 0 unspecified atom stereocenters. The van der Waals surface area contributed by atoms with Crippen LogP contribution in [0.3, 0.4) is 0 Å². The Morgan fingerprint density at radius 1 is 1.47 bits per heavy atom. The number of nitrogens with two attached hydrogens (primary N) is 1.